The van der Waals surface area contributed by atoms with Gasteiger partial charge in [-0.05, 0) is 20.9 Å². The number of aryl methyl sites for hydroxylation is 1. The lowest BCUT2D eigenvalue weighted by Gasteiger charge is -2.14. The first-order valence-corrected chi connectivity index (χ1v) is 6.01. The number of hydrogen-bond donors (Lipinski definition) is 0. The lowest BCUT2D eigenvalue weighted by molar-refractivity contribution is -0.143. The van der Waals surface area contributed by atoms with Gasteiger partial charge in [0, 0.05) is 12.6 Å². The number of esters is 1. The molecule has 0 amide bonds. The van der Waals surface area contributed by atoms with Crippen LogP contribution in [0.5, 0.6) is 0 Å². The van der Waals surface area contributed by atoms with E-state index in [4.69, 9.17) is 9.26 Å². The van der Waals surface area contributed by atoms with Gasteiger partial charge in [-0.1, -0.05) is 0 Å². The molecular formula is C12H18N2O5. The van der Waals surface area contributed by atoms with E-state index in [2.05, 4.69) is 0 Å². The molecule has 106 valence electrons. The highest BCUT2D eigenvalue weighted by atomic mass is 16.5. The van der Waals surface area contributed by atoms with Crippen molar-refractivity contribution in [2.45, 2.75) is 20.3 Å². The third kappa shape index (κ3) is 4.70. The van der Waals surface area contributed by atoms with Crippen LogP contribution < -0.4 is 5.56 Å². The predicted molar refractivity (Wildman–Crippen MR) is 67.1 cm³/mol. The smallest absolute Gasteiger partial charge is 0.307 e. The Bertz CT molecular complexity index is 502. The van der Waals surface area contributed by atoms with Crippen molar-refractivity contribution in [2.75, 3.05) is 26.7 Å². The van der Waals surface area contributed by atoms with E-state index in [1.807, 2.05) is 0 Å². The largest absolute Gasteiger partial charge is 0.466 e. The number of carbonyl (C=O) groups is 2. The van der Waals surface area contributed by atoms with Crippen LogP contribution in [0, 0.1) is 6.92 Å². The molecule has 0 N–H and O–H groups in total. The molecule has 0 saturated carbocycles. The first kappa shape index (κ1) is 15.2. The van der Waals surface area contributed by atoms with Gasteiger partial charge in [-0.3, -0.25) is 19.3 Å². The van der Waals surface area contributed by atoms with Crippen LogP contribution in [-0.4, -0.2) is 48.3 Å². The van der Waals surface area contributed by atoms with Crippen molar-refractivity contribution in [3.8, 4) is 0 Å². The molecule has 1 heterocycles. The minimum atomic E-state index is -0.485. The summed E-state index contributed by atoms with van der Waals surface area (Å²) < 4.78 is 10.5. The first-order chi connectivity index (χ1) is 8.93. The average Bonchev–Trinajstić information content (AvgIpc) is 2.66. The SMILES string of the molecule is CCOC(=O)CCN(C)CC(=O)n1oc(C)cc1=O. The molecule has 1 rings (SSSR count). The fourth-order valence-electron chi connectivity index (χ4n) is 1.51. The molecule has 0 radical (unpaired) electrons. The quantitative estimate of drug-likeness (QED) is 0.690. The summed E-state index contributed by atoms with van der Waals surface area (Å²) in [4.78, 5) is 35.9. The highest BCUT2D eigenvalue weighted by molar-refractivity contribution is 5.79. The molecule has 0 bridgehead atoms. The first-order valence-electron chi connectivity index (χ1n) is 6.01. The molecule has 19 heavy (non-hydrogen) atoms. The molecule has 0 saturated heterocycles. The van der Waals surface area contributed by atoms with Gasteiger partial charge < -0.3 is 9.26 Å². The molecule has 0 unspecified atom stereocenters. The summed E-state index contributed by atoms with van der Waals surface area (Å²) in [6.07, 6.45) is 0.198. The maximum Gasteiger partial charge on any atom is 0.307 e. The van der Waals surface area contributed by atoms with Crippen LogP contribution in [0.25, 0.3) is 0 Å². The Morgan fingerprint density at radius 2 is 2.16 bits per heavy atom. The minimum absolute atomic E-state index is 0.00767. The lowest BCUT2D eigenvalue weighted by Crippen LogP contribution is -2.34. The molecule has 0 aromatic carbocycles. The Morgan fingerprint density at radius 1 is 1.47 bits per heavy atom. The Labute approximate surface area is 110 Å². The van der Waals surface area contributed by atoms with E-state index < -0.39 is 11.5 Å². The summed E-state index contributed by atoms with van der Waals surface area (Å²) in [6.45, 7) is 4.03. The Kier molecular flexibility index (Phi) is 5.50. The Morgan fingerprint density at radius 3 is 2.68 bits per heavy atom. The van der Waals surface area contributed by atoms with E-state index in [0.29, 0.717) is 18.9 Å². The number of carbonyl (C=O) groups excluding carboxylic acids is 2. The van der Waals surface area contributed by atoms with Crippen LogP contribution in [-0.2, 0) is 9.53 Å². The summed E-state index contributed by atoms with van der Waals surface area (Å²) in [7, 11) is 1.68. The molecule has 1 aromatic heterocycles. The number of nitrogens with zero attached hydrogens (tertiary/aromatic N) is 2. The summed E-state index contributed by atoms with van der Waals surface area (Å²) in [5.74, 6) is -0.398. The van der Waals surface area contributed by atoms with Gasteiger partial charge in [0.2, 0.25) is 0 Å². The van der Waals surface area contributed by atoms with E-state index in [9.17, 15) is 14.4 Å². The summed E-state index contributed by atoms with van der Waals surface area (Å²) in [5.41, 5.74) is -0.485. The summed E-state index contributed by atoms with van der Waals surface area (Å²) in [6, 6.07) is 1.25. The summed E-state index contributed by atoms with van der Waals surface area (Å²) >= 11 is 0. The Balaban J connectivity index is 2.46. The molecule has 0 aliphatic rings. The zero-order valence-corrected chi connectivity index (χ0v) is 11.3. The van der Waals surface area contributed by atoms with Gasteiger partial charge in [-0.25, -0.2) is 0 Å². The second-order valence-electron chi connectivity index (χ2n) is 4.17. The standard InChI is InChI=1S/C12H18N2O5/c1-4-18-12(17)5-6-13(3)8-11(16)14-10(15)7-9(2)19-14/h7H,4-6,8H2,1-3H3. The van der Waals surface area contributed by atoms with E-state index in [1.165, 1.54) is 6.07 Å². The molecule has 1 aromatic rings. The second kappa shape index (κ2) is 6.89. The molecule has 7 heteroatoms. The van der Waals surface area contributed by atoms with Gasteiger partial charge in [0.25, 0.3) is 11.5 Å². The monoisotopic (exact) mass is 270 g/mol. The van der Waals surface area contributed by atoms with Crippen LogP contribution in [0.1, 0.15) is 23.9 Å². The summed E-state index contributed by atoms with van der Waals surface area (Å²) in [5, 5.41) is 0. The molecule has 7 nitrogen and oxygen atoms in total. The zero-order chi connectivity index (χ0) is 14.4. The van der Waals surface area contributed by atoms with Crippen molar-refractivity contribution in [3.05, 3.63) is 22.2 Å². The number of aromatic nitrogens is 1. The van der Waals surface area contributed by atoms with Crippen molar-refractivity contribution in [1.82, 2.24) is 9.64 Å². The van der Waals surface area contributed by atoms with E-state index >= 15 is 0 Å². The zero-order valence-electron chi connectivity index (χ0n) is 11.3. The number of likely N-dealkylation sites (N-methyl/N-ethyl adjacent to an activating group) is 1. The van der Waals surface area contributed by atoms with Gasteiger partial charge in [-0.2, -0.15) is 0 Å². The molecular weight excluding hydrogens is 252 g/mol. The van der Waals surface area contributed by atoms with Crippen molar-refractivity contribution < 1.29 is 18.8 Å². The van der Waals surface area contributed by atoms with Crippen molar-refractivity contribution in [2.24, 2.45) is 0 Å². The van der Waals surface area contributed by atoms with E-state index in [1.54, 1.807) is 25.8 Å². The van der Waals surface area contributed by atoms with Gasteiger partial charge >= 0.3 is 5.97 Å². The van der Waals surface area contributed by atoms with Crippen molar-refractivity contribution >= 4 is 11.9 Å². The lowest BCUT2D eigenvalue weighted by atomic mass is 10.4. The van der Waals surface area contributed by atoms with Gasteiger partial charge in [0.05, 0.1) is 19.6 Å². The second-order valence-corrected chi connectivity index (χ2v) is 4.17. The van der Waals surface area contributed by atoms with Crippen LogP contribution in [0.15, 0.2) is 15.4 Å². The third-order valence-corrected chi connectivity index (χ3v) is 2.40. The van der Waals surface area contributed by atoms with Gasteiger partial charge in [0.15, 0.2) is 0 Å². The van der Waals surface area contributed by atoms with Crippen molar-refractivity contribution in [1.29, 1.82) is 0 Å². The van der Waals surface area contributed by atoms with Gasteiger partial charge in [-0.15, -0.1) is 4.74 Å². The van der Waals surface area contributed by atoms with Crippen LogP contribution in [0.4, 0.5) is 0 Å². The molecule has 0 fully saturated rings. The van der Waals surface area contributed by atoms with Crippen LogP contribution in [0.3, 0.4) is 0 Å². The van der Waals surface area contributed by atoms with Crippen molar-refractivity contribution in [3.63, 3.8) is 0 Å². The normalized spacial score (nSPS) is 10.7. The maximum absolute atomic E-state index is 11.8. The van der Waals surface area contributed by atoms with E-state index in [0.717, 1.165) is 4.74 Å². The number of rotatable bonds is 6. The topological polar surface area (TPSA) is 81.8 Å². The van der Waals surface area contributed by atoms with Crippen LogP contribution in [0.2, 0.25) is 0 Å². The molecule has 0 aliphatic carbocycles. The molecule has 0 atom stereocenters. The molecule has 0 spiro atoms. The number of hydrogen-bond acceptors (Lipinski definition) is 6. The highest BCUT2D eigenvalue weighted by Crippen LogP contribution is 1.96. The number of ether oxygens (including phenoxy) is 1. The van der Waals surface area contributed by atoms with Crippen LogP contribution >= 0.6 is 0 Å². The van der Waals surface area contributed by atoms with Gasteiger partial charge in [0.1, 0.15) is 5.76 Å². The average molecular weight is 270 g/mol. The maximum atomic E-state index is 11.8. The van der Waals surface area contributed by atoms with E-state index in [-0.39, 0.29) is 18.9 Å². The Hall–Kier alpha value is -1.89. The fraction of sp³-hybridized carbons (Fsp3) is 0.583. The minimum Gasteiger partial charge on any atom is -0.466 e. The predicted octanol–water partition coefficient (Wildman–Crippen LogP) is 0.275. The molecule has 0 aliphatic heterocycles. The fourth-order valence-corrected chi connectivity index (χ4v) is 1.51. The third-order valence-electron chi connectivity index (χ3n) is 2.40. The highest BCUT2D eigenvalue weighted by Gasteiger charge is 2.15.